The number of allylic oxidation sites excluding steroid dienone is 7. The molecule has 3 unspecified atom stereocenters. The number of carbonyl (C=O) groups excluding carboxylic acids is 1. The van der Waals surface area contributed by atoms with Gasteiger partial charge in [0.05, 0.1) is 18.8 Å². The third kappa shape index (κ3) is 19.7. The van der Waals surface area contributed by atoms with Crippen molar-refractivity contribution in [3.63, 3.8) is 0 Å². The molecular weight excluding hydrogens is 426 g/mol. The van der Waals surface area contributed by atoms with Gasteiger partial charge in [0.1, 0.15) is 6.10 Å². The first-order valence-corrected chi connectivity index (χ1v) is 13.5. The van der Waals surface area contributed by atoms with Crippen LogP contribution in [0, 0.1) is 0 Å². The maximum absolute atomic E-state index is 12.2. The Morgan fingerprint density at radius 3 is 1.85 bits per heavy atom. The molecule has 0 bridgehead atoms. The van der Waals surface area contributed by atoms with Gasteiger partial charge in [-0.15, -0.1) is 0 Å². The van der Waals surface area contributed by atoms with E-state index in [9.17, 15) is 20.1 Å². The van der Waals surface area contributed by atoms with Crippen LogP contribution >= 0.6 is 0 Å². The second-order valence-electron chi connectivity index (χ2n) is 8.87. The van der Waals surface area contributed by atoms with E-state index >= 15 is 0 Å². The van der Waals surface area contributed by atoms with Crippen LogP contribution in [0.25, 0.3) is 0 Å². The van der Waals surface area contributed by atoms with Gasteiger partial charge in [-0.2, -0.15) is 0 Å². The van der Waals surface area contributed by atoms with Crippen molar-refractivity contribution in [3.8, 4) is 0 Å². The number of rotatable bonds is 22. The highest BCUT2D eigenvalue weighted by molar-refractivity contribution is 5.80. The molecule has 0 aromatic rings. The molecule has 0 rings (SSSR count). The summed E-state index contributed by atoms with van der Waals surface area (Å²) in [4.78, 5) is 12.2. The zero-order valence-corrected chi connectivity index (χ0v) is 21.7. The van der Waals surface area contributed by atoms with E-state index in [4.69, 9.17) is 0 Å². The molecule has 34 heavy (non-hydrogen) atoms. The van der Waals surface area contributed by atoms with Crippen LogP contribution in [0.1, 0.15) is 104 Å². The van der Waals surface area contributed by atoms with E-state index in [-0.39, 0.29) is 6.61 Å². The number of aliphatic hydroxyl groups excluding tert-OH is 3. The minimum atomic E-state index is -1.12. The molecule has 0 aromatic heterocycles. The minimum Gasteiger partial charge on any atom is -0.394 e. The molecule has 0 radical (unpaired) electrons. The van der Waals surface area contributed by atoms with Crippen LogP contribution in [0.4, 0.5) is 0 Å². The second-order valence-corrected chi connectivity index (χ2v) is 8.87. The lowest BCUT2D eigenvalue weighted by Crippen LogP contribution is -2.48. The molecule has 4 N–H and O–H groups in total. The van der Waals surface area contributed by atoms with Crippen LogP contribution < -0.4 is 5.32 Å². The number of aliphatic hydroxyl groups is 3. The van der Waals surface area contributed by atoms with Crippen LogP contribution in [0.2, 0.25) is 0 Å². The molecule has 0 aromatic carbocycles. The standard InChI is InChI=1S/C29H51NO4/c1-3-5-7-9-11-13-14-16-17-19-21-23-27(32)26(25-31)30-29(34)28(33)24-22-20-18-15-12-10-8-6-4-2/h7,9-10,12,14,16,21,23,26-28,31-33H,3-6,8,11,13,15,17-20,22,24-25H2,1-2H3,(H,30,34)/b9-7+,12-10-,16-14+,23-21+. The molecule has 196 valence electrons. The zero-order chi connectivity index (χ0) is 25.3. The van der Waals surface area contributed by atoms with E-state index in [1.807, 2.05) is 6.08 Å². The number of hydrogen-bond donors (Lipinski definition) is 4. The van der Waals surface area contributed by atoms with Gasteiger partial charge in [-0.25, -0.2) is 0 Å². The van der Waals surface area contributed by atoms with E-state index in [2.05, 4.69) is 55.6 Å². The van der Waals surface area contributed by atoms with Crippen LogP contribution in [-0.4, -0.2) is 46.1 Å². The van der Waals surface area contributed by atoms with Gasteiger partial charge in [0.2, 0.25) is 5.91 Å². The van der Waals surface area contributed by atoms with E-state index in [1.165, 1.54) is 19.3 Å². The number of carbonyl (C=O) groups is 1. The van der Waals surface area contributed by atoms with Gasteiger partial charge in [-0.1, -0.05) is 94.6 Å². The summed E-state index contributed by atoms with van der Waals surface area (Å²) in [6.45, 7) is 3.97. The summed E-state index contributed by atoms with van der Waals surface area (Å²) >= 11 is 0. The average Bonchev–Trinajstić information content (AvgIpc) is 2.84. The molecule has 5 nitrogen and oxygen atoms in total. The molecule has 5 heteroatoms. The molecule has 0 fully saturated rings. The average molecular weight is 478 g/mol. The zero-order valence-electron chi connectivity index (χ0n) is 21.7. The molecule has 0 spiro atoms. The van der Waals surface area contributed by atoms with Crippen molar-refractivity contribution in [2.45, 2.75) is 122 Å². The molecule has 0 aliphatic heterocycles. The second kappa shape index (κ2) is 24.4. The van der Waals surface area contributed by atoms with E-state index in [0.717, 1.165) is 64.2 Å². The fourth-order valence-corrected chi connectivity index (χ4v) is 3.38. The first kappa shape index (κ1) is 32.3. The van der Waals surface area contributed by atoms with E-state index in [0.29, 0.717) is 6.42 Å². The van der Waals surface area contributed by atoms with Crippen LogP contribution in [-0.2, 0) is 4.79 Å². The predicted molar refractivity (Wildman–Crippen MR) is 144 cm³/mol. The number of nitrogens with one attached hydrogen (secondary N) is 1. The smallest absolute Gasteiger partial charge is 0.249 e. The SMILES string of the molecule is CCC/C=C/CC/C=C/CC/C=C/C(O)C(CO)NC(=O)C(O)CCCCC/C=C\CCCC. The molecule has 1 amide bonds. The lowest BCUT2D eigenvalue weighted by molar-refractivity contribution is -0.131. The summed E-state index contributed by atoms with van der Waals surface area (Å²) < 4.78 is 0. The van der Waals surface area contributed by atoms with Crippen molar-refractivity contribution in [2.24, 2.45) is 0 Å². The Hall–Kier alpha value is -1.69. The van der Waals surface area contributed by atoms with Crippen molar-refractivity contribution < 1.29 is 20.1 Å². The monoisotopic (exact) mass is 477 g/mol. The van der Waals surface area contributed by atoms with Crippen molar-refractivity contribution in [1.29, 1.82) is 0 Å². The van der Waals surface area contributed by atoms with E-state index < -0.39 is 24.2 Å². The highest BCUT2D eigenvalue weighted by atomic mass is 16.3. The molecule has 3 atom stereocenters. The first-order chi connectivity index (χ1) is 16.6. The Kier molecular flexibility index (Phi) is 23.2. The minimum absolute atomic E-state index is 0.385. The summed E-state index contributed by atoms with van der Waals surface area (Å²) in [5.41, 5.74) is 0. The molecule has 0 saturated heterocycles. The molecule has 0 aliphatic carbocycles. The third-order valence-electron chi connectivity index (χ3n) is 5.60. The van der Waals surface area contributed by atoms with Gasteiger partial charge in [-0.05, 0) is 57.8 Å². The lowest BCUT2D eigenvalue weighted by Gasteiger charge is -2.21. The fraction of sp³-hybridized carbons (Fsp3) is 0.690. The topological polar surface area (TPSA) is 89.8 Å². The summed E-state index contributed by atoms with van der Waals surface area (Å²) in [5.74, 6) is -0.540. The van der Waals surface area contributed by atoms with Gasteiger partial charge < -0.3 is 20.6 Å². The molecule has 0 aliphatic rings. The van der Waals surface area contributed by atoms with Crippen molar-refractivity contribution >= 4 is 5.91 Å². The molecular formula is C29H51NO4. The highest BCUT2D eigenvalue weighted by Crippen LogP contribution is 2.08. The van der Waals surface area contributed by atoms with Gasteiger partial charge in [-0.3, -0.25) is 4.79 Å². The number of hydrogen-bond acceptors (Lipinski definition) is 4. The fourth-order valence-electron chi connectivity index (χ4n) is 3.38. The summed E-state index contributed by atoms with van der Waals surface area (Å²) in [5, 5.41) is 32.5. The Morgan fingerprint density at radius 1 is 0.706 bits per heavy atom. The maximum Gasteiger partial charge on any atom is 0.249 e. The summed E-state index contributed by atoms with van der Waals surface area (Å²) in [6.07, 6.45) is 28.4. The molecule has 0 saturated carbocycles. The van der Waals surface area contributed by atoms with Crippen LogP contribution in [0.3, 0.4) is 0 Å². The predicted octanol–water partition coefficient (Wildman–Crippen LogP) is 5.91. The Balaban J connectivity index is 4.03. The third-order valence-corrected chi connectivity index (χ3v) is 5.60. The van der Waals surface area contributed by atoms with Crippen LogP contribution in [0.5, 0.6) is 0 Å². The highest BCUT2D eigenvalue weighted by Gasteiger charge is 2.22. The van der Waals surface area contributed by atoms with Crippen molar-refractivity contribution in [3.05, 3.63) is 48.6 Å². The van der Waals surface area contributed by atoms with Crippen LogP contribution in [0.15, 0.2) is 48.6 Å². The number of amides is 1. The number of unbranched alkanes of at least 4 members (excludes halogenated alkanes) is 8. The Bertz CT molecular complexity index is 583. The van der Waals surface area contributed by atoms with Gasteiger partial charge in [0, 0.05) is 0 Å². The Morgan fingerprint density at radius 2 is 1.26 bits per heavy atom. The van der Waals surface area contributed by atoms with E-state index in [1.54, 1.807) is 6.08 Å². The van der Waals surface area contributed by atoms with Crippen molar-refractivity contribution in [2.75, 3.05) is 6.61 Å². The summed E-state index contributed by atoms with van der Waals surface area (Å²) in [6, 6.07) is -0.822. The van der Waals surface area contributed by atoms with Gasteiger partial charge in [0.15, 0.2) is 0 Å². The largest absolute Gasteiger partial charge is 0.394 e. The van der Waals surface area contributed by atoms with Gasteiger partial charge >= 0.3 is 0 Å². The maximum atomic E-state index is 12.2. The summed E-state index contributed by atoms with van der Waals surface area (Å²) in [7, 11) is 0. The Labute approximate surface area is 208 Å². The van der Waals surface area contributed by atoms with Crippen molar-refractivity contribution in [1.82, 2.24) is 5.32 Å². The lowest BCUT2D eigenvalue weighted by atomic mass is 10.1. The van der Waals surface area contributed by atoms with Gasteiger partial charge in [0.25, 0.3) is 0 Å². The first-order valence-electron chi connectivity index (χ1n) is 13.5. The normalized spacial score (nSPS) is 15.1. The quantitative estimate of drug-likeness (QED) is 0.115. The molecule has 0 heterocycles.